The molecule has 1 aromatic carbocycles. The third kappa shape index (κ3) is 1.99. The second-order valence-electron chi connectivity index (χ2n) is 4.42. The molecule has 6 heteroatoms. The average Bonchev–Trinajstić information content (AvgIpc) is 2.46. The van der Waals surface area contributed by atoms with Crippen LogP contribution in [-0.4, -0.2) is 31.3 Å². The first kappa shape index (κ1) is 12.5. The molecule has 1 amide bonds. The fraction of sp³-hybridized carbons (Fsp3) is 0.286. The number of esters is 1. The number of benzene rings is 1. The predicted octanol–water partition coefficient (Wildman–Crippen LogP) is 0.788. The van der Waals surface area contributed by atoms with Crippen molar-refractivity contribution in [3.05, 3.63) is 36.0 Å². The Kier molecular flexibility index (Phi) is 3.06. The number of anilines is 1. The van der Waals surface area contributed by atoms with Crippen molar-refractivity contribution in [3.63, 3.8) is 0 Å². The smallest absolute Gasteiger partial charge is 0.355 e. The lowest BCUT2D eigenvalue weighted by Crippen LogP contribution is -2.57. The quantitative estimate of drug-likeness (QED) is 0.807. The van der Waals surface area contributed by atoms with E-state index in [1.54, 1.807) is 11.8 Å². The van der Waals surface area contributed by atoms with Crippen LogP contribution in [0.5, 0.6) is 5.75 Å². The van der Waals surface area contributed by atoms with Gasteiger partial charge in [-0.2, -0.15) is 0 Å². The molecule has 3 rings (SSSR count). The molecule has 2 heterocycles. The van der Waals surface area contributed by atoms with E-state index in [-0.39, 0.29) is 24.8 Å². The number of rotatable bonds is 2. The van der Waals surface area contributed by atoms with Gasteiger partial charge in [0.2, 0.25) is 5.91 Å². The van der Waals surface area contributed by atoms with E-state index in [2.05, 4.69) is 5.32 Å². The number of amides is 1. The highest BCUT2D eigenvalue weighted by atomic mass is 16.5. The highest BCUT2D eigenvalue weighted by Gasteiger charge is 2.37. The molecule has 1 aromatic rings. The number of carbonyl (C=O) groups is 2. The zero-order valence-electron chi connectivity index (χ0n) is 11.0. The molecular weight excluding hydrogens is 260 g/mol. The van der Waals surface area contributed by atoms with Crippen LogP contribution in [-0.2, 0) is 14.3 Å². The highest BCUT2D eigenvalue weighted by Crippen LogP contribution is 2.36. The molecule has 1 N–H and O–H groups in total. The molecule has 0 radical (unpaired) electrons. The minimum absolute atomic E-state index is 0.233. The Morgan fingerprint density at radius 3 is 3.10 bits per heavy atom. The van der Waals surface area contributed by atoms with Gasteiger partial charge in [0.05, 0.1) is 12.3 Å². The number of para-hydroxylation sites is 2. The van der Waals surface area contributed by atoms with Gasteiger partial charge in [-0.15, -0.1) is 0 Å². The van der Waals surface area contributed by atoms with Crippen LogP contribution in [0.25, 0.3) is 0 Å². The number of ether oxygens (including phenoxy) is 2. The molecule has 0 aromatic heterocycles. The molecule has 1 unspecified atom stereocenters. The summed E-state index contributed by atoms with van der Waals surface area (Å²) in [6.07, 6.45) is 0.859. The Morgan fingerprint density at radius 1 is 1.50 bits per heavy atom. The van der Waals surface area contributed by atoms with Crippen molar-refractivity contribution in [1.29, 1.82) is 0 Å². The molecule has 0 saturated carbocycles. The molecule has 2 aliphatic rings. The van der Waals surface area contributed by atoms with Crippen molar-refractivity contribution in [1.82, 2.24) is 5.32 Å². The number of hydrogen-bond donors (Lipinski definition) is 1. The largest absolute Gasteiger partial charge is 0.487 e. The first-order valence-corrected chi connectivity index (χ1v) is 6.41. The lowest BCUT2D eigenvalue weighted by molar-refractivity contribution is -0.139. The Bertz CT molecular complexity index is 597. The van der Waals surface area contributed by atoms with E-state index >= 15 is 0 Å². The lowest BCUT2D eigenvalue weighted by atomic mass is 10.1. The van der Waals surface area contributed by atoms with E-state index < -0.39 is 12.1 Å². The standard InChI is InChI=1S/C14H14N2O4/c1-2-19-14(18)10-7-13(17)15-12-8-20-11-6-4-3-5-9(11)16(10)12/h3-7,12H,2,8H2,1H3,(H,15,17). The van der Waals surface area contributed by atoms with Gasteiger partial charge in [0.1, 0.15) is 24.2 Å². The predicted molar refractivity (Wildman–Crippen MR) is 71.1 cm³/mol. The fourth-order valence-corrected chi connectivity index (χ4v) is 2.36. The monoisotopic (exact) mass is 274 g/mol. The van der Waals surface area contributed by atoms with Crippen LogP contribution in [0.1, 0.15) is 6.92 Å². The SMILES string of the molecule is CCOC(=O)C1=CC(=O)NC2COc3ccccc3N12. The maximum atomic E-state index is 12.1. The van der Waals surface area contributed by atoms with Crippen molar-refractivity contribution in [2.24, 2.45) is 0 Å². The van der Waals surface area contributed by atoms with Crippen molar-refractivity contribution >= 4 is 17.6 Å². The summed E-state index contributed by atoms with van der Waals surface area (Å²) in [6, 6.07) is 7.37. The van der Waals surface area contributed by atoms with Gasteiger partial charge in [-0.1, -0.05) is 12.1 Å². The van der Waals surface area contributed by atoms with Gasteiger partial charge in [-0.05, 0) is 19.1 Å². The molecule has 0 saturated heterocycles. The Morgan fingerprint density at radius 2 is 2.30 bits per heavy atom. The maximum absolute atomic E-state index is 12.1. The van der Waals surface area contributed by atoms with E-state index in [4.69, 9.17) is 9.47 Å². The molecule has 0 spiro atoms. The summed E-state index contributed by atoms with van der Waals surface area (Å²) in [5, 5.41) is 2.76. The van der Waals surface area contributed by atoms with E-state index in [1.165, 1.54) is 6.08 Å². The third-order valence-electron chi connectivity index (χ3n) is 3.15. The Hall–Kier alpha value is -2.50. The van der Waals surface area contributed by atoms with Gasteiger partial charge < -0.3 is 19.7 Å². The van der Waals surface area contributed by atoms with Crippen LogP contribution >= 0.6 is 0 Å². The lowest BCUT2D eigenvalue weighted by Gasteiger charge is -2.40. The highest BCUT2D eigenvalue weighted by molar-refractivity contribution is 6.03. The van der Waals surface area contributed by atoms with Gasteiger partial charge in [0.25, 0.3) is 0 Å². The molecule has 6 nitrogen and oxygen atoms in total. The normalized spacial score (nSPS) is 20.1. The molecule has 1 atom stereocenters. The number of hydrogen-bond acceptors (Lipinski definition) is 5. The van der Waals surface area contributed by atoms with Crippen LogP contribution in [0.4, 0.5) is 5.69 Å². The summed E-state index contributed by atoms with van der Waals surface area (Å²) >= 11 is 0. The van der Waals surface area contributed by atoms with Crippen molar-refractivity contribution in [2.45, 2.75) is 13.1 Å². The van der Waals surface area contributed by atoms with Gasteiger partial charge in [0, 0.05) is 6.08 Å². The Labute approximate surface area is 116 Å². The Balaban J connectivity index is 2.05. The zero-order chi connectivity index (χ0) is 14.1. The molecule has 0 fully saturated rings. The van der Waals surface area contributed by atoms with Crippen molar-refractivity contribution in [3.8, 4) is 5.75 Å². The number of nitrogens with one attached hydrogen (secondary N) is 1. The summed E-state index contributed by atoms with van der Waals surface area (Å²) in [4.78, 5) is 25.5. The van der Waals surface area contributed by atoms with Crippen LogP contribution in [0.15, 0.2) is 36.0 Å². The van der Waals surface area contributed by atoms with E-state index in [0.717, 1.165) is 5.69 Å². The van der Waals surface area contributed by atoms with Gasteiger partial charge in [-0.3, -0.25) is 4.79 Å². The summed E-state index contributed by atoms with van der Waals surface area (Å²) in [5.74, 6) is -0.156. The summed E-state index contributed by atoms with van der Waals surface area (Å²) in [6.45, 7) is 2.26. The molecular formula is C14H14N2O4. The minimum Gasteiger partial charge on any atom is -0.487 e. The van der Waals surface area contributed by atoms with E-state index in [1.807, 2.05) is 24.3 Å². The number of nitrogens with zero attached hydrogens (tertiary/aromatic N) is 1. The minimum atomic E-state index is -0.510. The van der Waals surface area contributed by atoms with Gasteiger partial charge >= 0.3 is 5.97 Å². The van der Waals surface area contributed by atoms with Gasteiger partial charge in [-0.25, -0.2) is 4.79 Å². The van der Waals surface area contributed by atoms with Crippen molar-refractivity contribution < 1.29 is 19.1 Å². The molecule has 20 heavy (non-hydrogen) atoms. The second-order valence-corrected chi connectivity index (χ2v) is 4.42. The third-order valence-corrected chi connectivity index (χ3v) is 3.15. The van der Waals surface area contributed by atoms with E-state index in [9.17, 15) is 9.59 Å². The summed E-state index contributed by atoms with van der Waals surface area (Å²) in [7, 11) is 0. The molecule has 0 bridgehead atoms. The van der Waals surface area contributed by atoms with E-state index in [0.29, 0.717) is 5.75 Å². The van der Waals surface area contributed by atoms with Crippen LogP contribution in [0.2, 0.25) is 0 Å². The second kappa shape index (κ2) is 4.88. The number of carbonyl (C=O) groups excluding carboxylic acids is 2. The first-order chi connectivity index (χ1) is 9.70. The molecule has 104 valence electrons. The van der Waals surface area contributed by atoms with Crippen molar-refractivity contribution in [2.75, 3.05) is 18.1 Å². The topological polar surface area (TPSA) is 67.9 Å². The average molecular weight is 274 g/mol. The van der Waals surface area contributed by atoms with Crippen LogP contribution in [0, 0.1) is 0 Å². The zero-order valence-corrected chi connectivity index (χ0v) is 11.0. The molecule has 2 aliphatic heterocycles. The summed E-state index contributed by atoms with van der Waals surface area (Å²) in [5.41, 5.74) is 0.972. The van der Waals surface area contributed by atoms with Gasteiger partial charge in [0.15, 0.2) is 0 Å². The fourth-order valence-electron chi connectivity index (χ4n) is 2.36. The molecule has 0 aliphatic carbocycles. The first-order valence-electron chi connectivity index (χ1n) is 6.41. The van der Waals surface area contributed by atoms with Crippen LogP contribution in [0.3, 0.4) is 0 Å². The maximum Gasteiger partial charge on any atom is 0.355 e. The summed E-state index contributed by atoms with van der Waals surface area (Å²) < 4.78 is 10.6. The van der Waals surface area contributed by atoms with Crippen LogP contribution < -0.4 is 15.0 Å². The number of fused-ring (bicyclic) bond motifs is 3.